The fourth-order valence-electron chi connectivity index (χ4n) is 2.44. The summed E-state index contributed by atoms with van der Waals surface area (Å²) >= 11 is 1.77. The number of allylic oxidation sites excluding steroid dienone is 5. The Hall–Kier alpha value is -0.470. The zero-order valence-corrected chi connectivity index (χ0v) is 15.3. The molecule has 1 heterocycles. The number of rotatable bonds is 10. The van der Waals surface area contributed by atoms with Crippen molar-refractivity contribution in [2.24, 2.45) is 0 Å². The van der Waals surface area contributed by atoms with E-state index < -0.39 is 0 Å². The van der Waals surface area contributed by atoms with Gasteiger partial charge in [-0.3, -0.25) is 0 Å². The van der Waals surface area contributed by atoms with Gasteiger partial charge >= 0.3 is 0 Å². The summed E-state index contributed by atoms with van der Waals surface area (Å²) in [5.41, 5.74) is 3.17. The molecule has 120 valence electrons. The van der Waals surface area contributed by atoms with Gasteiger partial charge in [-0.05, 0) is 77.9 Å². The first kappa shape index (κ1) is 18.6. The van der Waals surface area contributed by atoms with Gasteiger partial charge in [-0.1, -0.05) is 29.4 Å². The lowest BCUT2D eigenvalue weighted by Crippen LogP contribution is -2.02. The van der Waals surface area contributed by atoms with Crippen LogP contribution in [0.1, 0.15) is 66.2 Å². The van der Waals surface area contributed by atoms with Crippen molar-refractivity contribution in [3.8, 4) is 0 Å². The van der Waals surface area contributed by atoms with Crippen molar-refractivity contribution < 1.29 is 4.74 Å². The van der Waals surface area contributed by atoms with Crippen LogP contribution in [0.3, 0.4) is 0 Å². The van der Waals surface area contributed by atoms with Crippen molar-refractivity contribution in [1.82, 2.24) is 0 Å². The summed E-state index contributed by atoms with van der Waals surface area (Å²) < 4.78 is 5.63. The predicted octanol–water partition coefficient (Wildman–Crippen LogP) is 6.27. The van der Waals surface area contributed by atoms with E-state index in [2.05, 4.69) is 57.6 Å². The van der Waals surface area contributed by atoms with Crippen LogP contribution in [0.4, 0.5) is 0 Å². The summed E-state index contributed by atoms with van der Waals surface area (Å²) in [6.07, 6.45) is 16.7. The molecule has 1 aliphatic rings. The lowest BCUT2D eigenvalue weighted by Gasteiger charge is -2.02. The quantitative estimate of drug-likeness (QED) is 0.268. The van der Waals surface area contributed by atoms with Crippen LogP contribution < -0.4 is 0 Å². The van der Waals surface area contributed by atoms with Crippen molar-refractivity contribution in [2.45, 2.75) is 77.9 Å². The Morgan fingerprint density at radius 2 is 1.67 bits per heavy atom. The third kappa shape index (κ3) is 8.53. The maximum Gasteiger partial charge on any atom is 0.0892 e. The van der Waals surface area contributed by atoms with E-state index in [1.807, 2.05) is 0 Å². The molecule has 1 rings (SSSR count). The highest BCUT2D eigenvalue weighted by molar-refractivity contribution is 8.01. The Kier molecular flexibility index (Phi) is 8.43. The van der Waals surface area contributed by atoms with Crippen molar-refractivity contribution in [3.05, 3.63) is 34.8 Å². The minimum atomic E-state index is 0.143. The van der Waals surface area contributed by atoms with Crippen LogP contribution in [0.2, 0.25) is 0 Å². The van der Waals surface area contributed by atoms with Gasteiger partial charge < -0.3 is 4.74 Å². The molecule has 0 aromatic carbocycles. The Labute approximate surface area is 135 Å². The monoisotopic (exact) mass is 308 g/mol. The van der Waals surface area contributed by atoms with E-state index in [0.29, 0.717) is 6.10 Å². The van der Waals surface area contributed by atoms with Gasteiger partial charge in [0.1, 0.15) is 0 Å². The highest BCUT2D eigenvalue weighted by atomic mass is 32.2. The summed E-state index contributed by atoms with van der Waals surface area (Å²) in [7, 11) is 0. The Balaban J connectivity index is 2.11. The van der Waals surface area contributed by atoms with Crippen molar-refractivity contribution in [3.63, 3.8) is 0 Å². The summed E-state index contributed by atoms with van der Waals surface area (Å²) in [6, 6.07) is 0. The molecule has 0 aromatic rings. The normalized spacial score (nSPS) is 22.0. The minimum absolute atomic E-state index is 0.143. The van der Waals surface area contributed by atoms with Gasteiger partial charge in [-0.15, -0.1) is 11.8 Å². The van der Waals surface area contributed by atoms with Crippen molar-refractivity contribution in [2.75, 3.05) is 6.26 Å². The molecular weight excluding hydrogens is 276 g/mol. The number of thioether (sulfide) groups is 1. The second-order valence-electron chi connectivity index (χ2n) is 6.57. The van der Waals surface area contributed by atoms with Crippen LogP contribution in [-0.4, -0.2) is 18.0 Å². The molecule has 1 saturated heterocycles. The highest BCUT2D eigenvalue weighted by Gasteiger charge is 2.46. The molecule has 0 saturated carbocycles. The molecule has 1 fully saturated rings. The number of ether oxygens (including phenoxy) is 1. The molecule has 21 heavy (non-hydrogen) atoms. The van der Waals surface area contributed by atoms with E-state index in [1.54, 1.807) is 11.8 Å². The van der Waals surface area contributed by atoms with Crippen LogP contribution in [-0.2, 0) is 4.74 Å². The lowest BCUT2D eigenvalue weighted by molar-refractivity contribution is 0.320. The molecule has 0 amide bonds. The third-order valence-electron chi connectivity index (χ3n) is 4.05. The first-order chi connectivity index (χ1) is 9.95. The van der Waals surface area contributed by atoms with E-state index in [1.165, 1.54) is 43.3 Å². The van der Waals surface area contributed by atoms with Crippen LogP contribution >= 0.6 is 11.8 Å². The number of hydrogen-bond donors (Lipinski definition) is 0. The maximum absolute atomic E-state index is 5.63. The van der Waals surface area contributed by atoms with Gasteiger partial charge in [0.2, 0.25) is 0 Å². The fourth-order valence-corrected chi connectivity index (χ4v) is 2.77. The topological polar surface area (TPSA) is 12.5 Å². The van der Waals surface area contributed by atoms with Crippen molar-refractivity contribution >= 4 is 11.8 Å². The van der Waals surface area contributed by atoms with Crippen LogP contribution in [0.5, 0.6) is 0 Å². The lowest BCUT2D eigenvalue weighted by atomic mass is 10.0. The molecule has 0 aromatic heterocycles. The van der Waals surface area contributed by atoms with Crippen LogP contribution in [0.15, 0.2) is 34.8 Å². The Morgan fingerprint density at radius 1 is 1.05 bits per heavy atom. The molecule has 1 aliphatic heterocycles. The molecule has 0 radical (unpaired) electrons. The average Bonchev–Trinajstić information content (AvgIpc) is 3.04. The SMILES string of the molecule is CSC=CCC/C=C(\C)CC/C=C(\C)CCC1OC1(C)C. The molecule has 1 nitrogen and oxygen atoms in total. The standard InChI is InChI=1S/C19H32OS/c1-16(10-7-6-8-15-21-5)11-9-12-17(2)13-14-18-19(3,4)20-18/h8,10,12,15,18H,6-7,9,11,13-14H2,1-5H3/b15-8?,16-10+,17-12+. The van der Waals surface area contributed by atoms with Gasteiger partial charge in [0, 0.05) is 0 Å². The van der Waals surface area contributed by atoms with E-state index in [9.17, 15) is 0 Å². The Morgan fingerprint density at radius 3 is 2.29 bits per heavy atom. The maximum atomic E-state index is 5.63. The fraction of sp³-hybridized carbons (Fsp3) is 0.684. The molecule has 1 unspecified atom stereocenters. The number of hydrogen-bond acceptors (Lipinski definition) is 2. The highest BCUT2D eigenvalue weighted by Crippen LogP contribution is 2.38. The molecule has 0 bridgehead atoms. The predicted molar refractivity (Wildman–Crippen MR) is 96.8 cm³/mol. The summed E-state index contributed by atoms with van der Waals surface area (Å²) in [4.78, 5) is 0. The zero-order chi connectivity index (χ0) is 15.7. The van der Waals surface area contributed by atoms with Crippen LogP contribution in [0, 0.1) is 0 Å². The van der Waals surface area contributed by atoms with E-state index in [4.69, 9.17) is 4.74 Å². The third-order valence-corrected chi connectivity index (χ3v) is 4.52. The van der Waals surface area contributed by atoms with E-state index in [-0.39, 0.29) is 5.60 Å². The van der Waals surface area contributed by atoms with E-state index in [0.717, 1.165) is 6.42 Å². The second-order valence-corrected chi connectivity index (χ2v) is 7.32. The molecule has 0 spiro atoms. The molecule has 2 heteroatoms. The van der Waals surface area contributed by atoms with Gasteiger partial charge in [0.25, 0.3) is 0 Å². The van der Waals surface area contributed by atoms with Crippen LogP contribution in [0.25, 0.3) is 0 Å². The van der Waals surface area contributed by atoms with Gasteiger partial charge in [-0.2, -0.15) is 0 Å². The summed E-state index contributed by atoms with van der Waals surface area (Å²) in [5.74, 6) is 0. The number of epoxide rings is 1. The number of unbranched alkanes of at least 4 members (excludes halogenated alkanes) is 1. The van der Waals surface area contributed by atoms with Gasteiger partial charge in [0.05, 0.1) is 11.7 Å². The van der Waals surface area contributed by atoms with Gasteiger partial charge in [0.15, 0.2) is 0 Å². The average molecular weight is 309 g/mol. The van der Waals surface area contributed by atoms with Gasteiger partial charge in [-0.25, -0.2) is 0 Å². The molecular formula is C19H32OS. The summed E-state index contributed by atoms with van der Waals surface area (Å²) in [6.45, 7) is 8.86. The first-order valence-corrected chi connectivity index (χ1v) is 9.41. The Bertz CT molecular complexity index is 390. The summed E-state index contributed by atoms with van der Waals surface area (Å²) in [5, 5.41) is 2.17. The second kappa shape index (κ2) is 9.53. The van der Waals surface area contributed by atoms with Crippen molar-refractivity contribution in [1.29, 1.82) is 0 Å². The zero-order valence-electron chi connectivity index (χ0n) is 14.4. The molecule has 0 N–H and O–H groups in total. The smallest absolute Gasteiger partial charge is 0.0892 e. The van der Waals surface area contributed by atoms with E-state index >= 15 is 0 Å². The largest absolute Gasteiger partial charge is 0.367 e. The minimum Gasteiger partial charge on any atom is -0.367 e. The molecule has 0 aliphatic carbocycles. The molecule has 1 atom stereocenters. The first-order valence-electron chi connectivity index (χ1n) is 8.12.